The van der Waals surface area contributed by atoms with Gasteiger partial charge in [0.2, 0.25) is 0 Å². The number of alkyl halides is 3. The largest absolute Gasteiger partial charge is 0.573 e. The number of hydrogen-bond acceptors (Lipinski definition) is 6. The number of nitrogens with two attached hydrogens (primary N) is 1. The molecule has 0 bridgehead atoms. The molecular weight excluding hydrogens is 434 g/mol. The zero-order chi connectivity index (χ0) is 24.1. The van der Waals surface area contributed by atoms with Gasteiger partial charge in [0.25, 0.3) is 5.91 Å². The molecule has 0 spiro atoms. The molecule has 5 N–H and O–H groups in total. The second kappa shape index (κ2) is 9.83. The lowest BCUT2D eigenvalue weighted by Crippen LogP contribution is -2.72. The monoisotopic (exact) mass is 456 g/mol. The number of carbonyl (C=O) groups is 1. The Labute approximate surface area is 180 Å². The van der Waals surface area contributed by atoms with Crippen molar-refractivity contribution in [3.63, 3.8) is 0 Å². The normalized spacial score (nSPS) is 13.4. The van der Waals surface area contributed by atoms with Gasteiger partial charge >= 0.3 is 6.36 Å². The number of nitrogens with one attached hydrogen (secondary N) is 2. The highest BCUT2D eigenvalue weighted by molar-refractivity contribution is 6.07. The summed E-state index contributed by atoms with van der Waals surface area (Å²) in [6, 6.07) is 1.38. The zero-order valence-corrected chi connectivity index (χ0v) is 17.4. The van der Waals surface area contributed by atoms with Crippen LogP contribution in [0.3, 0.4) is 0 Å². The highest BCUT2D eigenvalue weighted by atomic mass is 19.4. The van der Waals surface area contributed by atoms with Crippen LogP contribution in [0.15, 0.2) is 36.8 Å². The smallest absolute Gasteiger partial charge is 0.403 e. The third kappa shape index (κ3) is 6.56. The molecule has 0 saturated heterocycles. The van der Waals surface area contributed by atoms with Crippen molar-refractivity contribution < 1.29 is 37.5 Å². The summed E-state index contributed by atoms with van der Waals surface area (Å²) in [6.07, 6.45) is 0.0946. The van der Waals surface area contributed by atoms with E-state index in [1.807, 2.05) is 0 Å². The molecule has 2 rings (SSSR count). The number of amides is 1. The number of nitrogens with zero attached hydrogens (tertiary/aromatic N) is 2. The maximum Gasteiger partial charge on any atom is 0.573 e. The number of carbonyl (C=O) groups excluding carboxylic acids is 1. The Morgan fingerprint density at radius 3 is 2.47 bits per heavy atom. The highest BCUT2D eigenvalue weighted by Crippen LogP contribution is 2.31. The molecule has 0 radical (unpaired) electrons. The van der Waals surface area contributed by atoms with Gasteiger partial charge in [-0.05, 0) is 31.5 Å². The van der Waals surface area contributed by atoms with Crippen LogP contribution in [0.2, 0.25) is 0 Å². The van der Waals surface area contributed by atoms with Crippen LogP contribution in [0.5, 0.6) is 5.75 Å². The average molecular weight is 456 g/mol. The van der Waals surface area contributed by atoms with E-state index in [1.165, 1.54) is 26.2 Å². The summed E-state index contributed by atoms with van der Waals surface area (Å²) in [6.45, 7) is 2.68. The van der Waals surface area contributed by atoms with Gasteiger partial charge in [-0.2, -0.15) is 0 Å². The number of aliphatic hydroxyl groups is 1. The van der Waals surface area contributed by atoms with Crippen LogP contribution in [0.4, 0.5) is 17.6 Å². The quantitative estimate of drug-likeness (QED) is 0.357. The second-order valence-electron chi connectivity index (χ2n) is 7.19. The standard InChI is InChI=1S/C20H21F4N5O3/c1-19(2,31)17(11-4-5-16(13(21)6-11)32-20(22,23)24)29-18(30)15-10-27-9-14(28-15)12(7-25)8-26-3/h4-10,17,25-26,31H,1-3H3,(H,29,30)/p+1. The van der Waals surface area contributed by atoms with E-state index in [1.54, 1.807) is 18.6 Å². The lowest BCUT2D eigenvalue weighted by atomic mass is 9.91. The van der Waals surface area contributed by atoms with Crippen LogP contribution in [-0.4, -0.2) is 46.2 Å². The Balaban J connectivity index is 2.35. The Hall–Kier alpha value is -3.38. The van der Waals surface area contributed by atoms with Gasteiger partial charge in [0, 0.05) is 6.21 Å². The van der Waals surface area contributed by atoms with Crippen molar-refractivity contribution in [2.75, 3.05) is 7.05 Å². The van der Waals surface area contributed by atoms with Gasteiger partial charge in [0.1, 0.15) is 11.9 Å². The molecule has 1 unspecified atom stereocenters. The molecule has 0 saturated carbocycles. The molecule has 172 valence electrons. The minimum Gasteiger partial charge on any atom is -0.403 e. The number of halogens is 4. The van der Waals surface area contributed by atoms with Gasteiger partial charge in [0.15, 0.2) is 11.6 Å². The van der Waals surface area contributed by atoms with Crippen LogP contribution in [0, 0.1) is 11.2 Å². The van der Waals surface area contributed by atoms with Crippen LogP contribution < -0.4 is 15.4 Å². The molecule has 0 aliphatic heterocycles. The fourth-order valence-corrected chi connectivity index (χ4v) is 2.78. The predicted octanol–water partition coefficient (Wildman–Crippen LogP) is 1.94. The van der Waals surface area contributed by atoms with Crippen LogP contribution in [-0.2, 0) is 0 Å². The van der Waals surface area contributed by atoms with Crippen molar-refractivity contribution in [3.8, 4) is 5.75 Å². The first-order valence-corrected chi connectivity index (χ1v) is 9.26. The van der Waals surface area contributed by atoms with E-state index in [0.29, 0.717) is 5.57 Å². The average Bonchev–Trinajstić information content (AvgIpc) is 2.70. The van der Waals surface area contributed by atoms with Crippen molar-refractivity contribution in [1.29, 1.82) is 5.41 Å². The number of aromatic nitrogens is 2. The zero-order valence-electron chi connectivity index (χ0n) is 17.4. The fourth-order valence-electron chi connectivity index (χ4n) is 2.78. The van der Waals surface area contributed by atoms with Gasteiger partial charge in [-0.3, -0.25) is 9.78 Å². The minimum atomic E-state index is -5.07. The molecule has 1 heterocycles. The summed E-state index contributed by atoms with van der Waals surface area (Å²) >= 11 is 0. The summed E-state index contributed by atoms with van der Waals surface area (Å²) in [5.41, 5.74) is -1.11. The van der Waals surface area contributed by atoms with E-state index in [-0.39, 0.29) is 17.0 Å². The number of ether oxygens (including phenoxy) is 1. The molecule has 0 fully saturated rings. The molecule has 8 nitrogen and oxygen atoms in total. The van der Waals surface area contributed by atoms with E-state index in [4.69, 9.17) is 5.41 Å². The van der Waals surface area contributed by atoms with E-state index in [9.17, 15) is 27.5 Å². The van der Waals surface area contributed by atoms with E-state index in [2.05, 4.69) is 20.0 Å². The van der Waals surface area contributed by atoms with Crippen LogP contribution >= 0.6 is 0 Å². The van der Waals surface area contributed by atoms with Gasteiger partial charge in [-0.15, -0.1) is 13.2 Å². The van der Waals surface area contributed by atoms with Crippen LogP contribution in [0.25, 0.3) is 5.57 Å². The molecule has 1 atom stereocenters. The summed E-state index contributed by atoms with van der Waals surface area (Å²) in [5, 5.41) is 22.1. The lowest BCUT2D eigenvalue weighted by molar-refractivity contribution is -0.555. The first-order chi connectivity index (χ1) is 14.9. The predicted molar refractivity (Wildman–Crippen MR) is 106 cm³/mol. The number of benzene rings is 1. The van der Waals surface area contributed by atoms with Crippen molar-refractivity contribution in [2.45, 2.75) is 31.9 Å². The first kappa shape index (κ1) is 24.9. The minimum absolute atomic E-state index is 0.00245. The van der Waals surface area contributed by atoms with E-state index < -0.39 is 35.5 Å². The molecule has 12 heteroatoms. The molecule has 1 amide bonds. The topological polar surface area (TPSA) is 125 Å². The molecule has 1 aromatic heterocycles. The first-order valence-electron chi connectivity index (χ1n) is 9.26. The molecule has 32 heavy (non-hydrogen) atoms. The fraction of sp³-hybridized carbons (Fsp3) is 0.300. The maximum atomic E-state index is 14.2. The van der Waals surface area contributed by atoms with Gasteiger partial charge in [0.05, 0.1) is 42.4 Å². The molecule has 0 aliphatic rings. The van der Waals surface area contributed by atoms with Crippen molar-refractivity contribution in [3.05, 3.63) is 59.6 Å². The van der Waals surface area contributed by atoms with Crippen molar-refractivity contribution >= 4 is 17.7 Å². The third-order valence-corrected chi connectivity index (χ3v) is 4.16. The van der Waals surface area contributed by atoms with Crippen molar-refractivity contribution in [2.24, 2.45) is 0 Å². The molecule has 1 aromatic carbocycles. The highest BCUT2D eigenvalue weighted by Gasteiger charge is 2.34. The molecule has 0 aliphatic carbocycles. The number of allylic oxidation sites excluding steroid dienone is 1. The number of hydrogen-bond donors (Lipinski definition) is 4. The summed E-state index contributed by atoms with van der Waals surface area (Å²) in [4.78, 5) is 20.8. The SMILES string of the molecule is C[NH2+]C=C(C=N)c1cncc(C(=O)NC(c2ccc(OC(F)(F)F)c(F)c2)C(C)(C)O)n1. The van der Waals surface area contributed by atoms with Gasteiger partial charge in [-0.1, -0.05) is 6.07 Å². The molecular formula is C20H22F4N5O3+. The Morgan fingerprint density at radius 2 is 1.94 bits per heavy atom. The van der Waals surface area contributed by atoms with E-state index >= 15 is 0 Å². The lowest BCUT2D eigenvalue weighted by Gasteiger charge is -2.30. The maximum absolute atomic E-state index is 14.2. The van der Waals surface area contributed by atoms with Gasteiger partial charge < -0.3 is 25.9 Å². The Kier molecular flexibility index (Phi) is 7.65. The molecule has 2 aromatic rings. The number of quaternary nitrogens is 1. The third-order valence-electron chi connectivity index (χ3n) is 4.16. The Morgan fingerprint density at radius 1 is 1.28 bits per heavy atom. The van der Waals surface area contributed by atoms with E-state index in [0.717, 1.165) is 24.4 Å². The summed E-state index contributed by atoms with van der Waals surface area (Å²) in [7, 11) is 1.74. The van der Waals surface area contributed by atoms with Gasteiger partial charge in [-0.25, -0.2) is 9.37 Å². The van der Waals surface area contributed by atoms with Crippen molar-refractivity contribution in [1.82, 2.24) is 15.3 Å². The Bertz CT molecular complexity index is 1020. The number of rotatable bonds is 8. The summed E-state index contributed by atoms with van der Waals surface area (Å²) in [5.74, 6) is -3.13. The van der Waals surface area contributed by atoms with Crippen LogP contribution in [0.1, 0.15) is 41.6 Å². The summed E-state index contributed by atoms with van der Waals surface area (Å²) < 4.78 is 54.9. The second-order valence-corrected chi connectivity index (χ2v) is 7.19.